The predicted molar refractivity (Wildman–Crippen MR) is 139 cm³/mol. The minimum atomic E-state index is -3.78. The van der Waals surface area contributed by atoms with Crippen LogP contribution in [0.1, 0.15) is 16.7 Å². The lowest BCUT2D eigenvalue weighted by atomic mass is 9.95. The van der Waals surface area contributed by atoms with Gasteiger partial charge in [0.2, 0.25) is 10.0 Å². The normalized spacial score (nSPS) is 17.6. The zero-order valence-electron chi connectivity index (χ0n) is 17.8. The minimum Gasteiger partial charge on any atom is -0.289 e. The number of carbonyl (C=O) groups excluding carboxylic acids is 1. The van der Waals surface area contributed by atoms with Gasteiger partial charge >= 0.3 is 0 Å². The second-order valence-electron chi connectivity index (χ2n) is 7.86. The van der Waals surface area contributed by atoms with Gasteiger partial charge in [-0.2, -0.15) is 4.31 Å². The maximum atomic E-state index is 13.4. The lowest BCUT2D eigenvalue weighted by Crippen LogP contribution is -2.41. The van der Waals surface area contributed by atoms with Gasteiger partial charge in [0.15, 0.2) is 5.78 Å². The van der Waals surface area contributed by atoms with Crippen molar-refractivity contribution in [2.75, 3.05) is 13.1 Å². The molecule has 4 nitrogen and oxygen atoms in total. The number of aryl methyl sites for hydroxylation is 1. The summed E-state index contributed by atoms with van der Waals surface area (Å²) < 4.78 is 30.1. The van der Waals surface area contributed by atoms with E-state index in [1.807, 2.05) is 55.5 Å². The lowest BCUT2D eigenvalue weighted by Gasteiger charge is -2.29. The van der Waals surface area contributed by atoms with Crippen LogP contribution < -0.4 is 0 Å². The van der Waals surface area contributed by atoms with E-state index < -0.39 is 10.0 Å². The van der Waals surface area contributed by atoms with Crippen molar-refractivity contribution in [1.29, 1.82) is 0 Å². The first kappa shape index (κ1) is 23.8. The van der Waals surface area contributed by atoms with Gasteiger partial charge in [-0.05, 0) is 66.6 Å². The number of carbonyl (C=O) groups is 1. The van der Waals surface area contributed by atoms with E-state index in [-0.39, 0.29) is 23.8 Å². The number of ketones is 1. The Morgan fingerprint density at radius 3 is 1.58 bits per heavy atom. The van der Waals surface area contributed by atoms with Gasteiger partial charge in [0, 0.05) is 33.2 Å². The number of benzene rings is 3. The first-order valence-corrected chi connectivity index (χ1v) is 13.3. The molecular weight excluding hydrogens is 566 g/mol. The van der Waals surface area contributed by atoms with Crippen LogP contribution in [0.4, 0.5) is 0 Å². The fourth-order valence-corrected chi connectivity index (χ4v) is 5.48. The Balaban J connectivity index is 1.77. The van der Waals surface area contributed by atoms with E-state index >= 15 is 0 Å². The van der Waals surface area contributed by atoms with Crippen LogP contribution in [0.3, 0.4) is 0 Å². The van der Waals surface area contributed by atoms with Crippen LogP contribution >= 0.6 is 31.9 Å². The molecule has 7 heteroatoms. The van der Waals surface area contributed by atoms with Crippen LogP contribution in [0.15, 0.2) is 97.8 Å². The van der Waals surface area contributed by atoms with Gasteiger partial charge in [-0.3, -0.25) is 4.79 Å². The molecule has 1 fully saturated rings. The summed E-state index contributed by atoms with van der Waals surface area (Å²) in [6.07, 6.45) is 3.53. The summed E-state index contributed by atoms with van der Waals surface area (Å²) >= 11 is 6.83. The molecule has 0 aromatic heterocycles. The van der Waals surface area contributed by atoms with Crippen LogP contribution in [0.5, 0.6) is 0 Å². The van der Waals surface area contributed by atoms with E-state index in [4.69, 9.17) is 0 Å². The summed E-state index contributed by atoms with van der Waals surface area (Å²) in [7, 11) is -3.78. The van der Waals surface area contributed by atoms with E-state index in [0.29, 0.717) is 11.1 Å². The van der Waals surface area contributed by atoms with Crippen molar-refractivity contribution in [2.45, 2.75) is 11.8 Å². The summed E-state index contributed by atoms with van der Waals surface area (Å²) in [4.78, 5) is 13.6. The summed E-state index contributed by atoms with van der Waals surface area (Å²) in [5.74, 6) is -0.142. The smallest absolute Gasteiger partial charge is 0.243 e. The Morgan fingerprint density at radius 1 is 0.727 bits per heavy atom. The molecule has 0 atom stereocenters. The van der Waals surface area contributed by atoms with Gasteiger partial charge in [-0.25, -0.2) is 8.42 Å². The number of rotatable bonds is 4. The highest BCUT2D eigenvalue weighted by Crippen LogP contribution is 2.28. The second kappa shape index (κ2) is 9.89. The van der Waals surface area contributed by atoms with E-state index in [9.17, 15) is 13.2 Å². The number of halogens is 2. The molecule has 0 saturated carbocycles. The highest BCUT2D eigenvalue weighted by atomic mass is 79.9. The summed E-state index contributed by atoms with van der Waals surface area (Å²) in [6, 6.07) is 21.9. The number of piperidine rings is 1. The second-order valence-corrected chi connectivity index (χ2v) is 11.6. The van der Waals surface area contributed by atoms with Gasteiger partial charge in [-0.1, -0.05) is 73.8 Å². The number of nitrogens with zero attached hydrogens (tertiary/aromatic N) is 1. The third-order valence-corrected chi connectivity index (χ3v) is 8.22. The van der Waals surface area contributed by atoms with Crippen molar-refractivity contribution >= 4 is 59.8 Å². The number of hydrogen-bond donors (Lipinski definition) is 0. The van der Waals surface area contributed by atoms with Crippen molar-refractivity contribution in [3.8, 4) is 0 Å². The fraction of sp³-hybridized carbons (Fsp3) is 0.115. The Kier molecular flexibility index (Phi) is 7.14. The van der Waals surface area contributed by atoms with Gasteiger partial charge in [-0.15, -0.1) is 0 Å². The highest BCUT2D eigenvalue weighted by Gasteiger charge is 2.34. The maximum Gasteiger partial charge on any atom is 0.243 e. The van der Waals surface area contributed by atoms with Gasteiger partial charge < -0.3 is 0 Å². The predicted octanol–water partition coefficient (Wildman–Crippen LogP) is 6.26. The molecule has 0 aliphatic carbocycles. The number of Topliss-reactive ketones (excluding diaryl/α,β-unsaturated/α-hetero) is 1. The monoisotopic (exact) mass is 585 g/mol. The van der Waals surface area contributed by atoms with Gasteiger partial charge in [0.1, 0.15) is 0 Å². The van der Waals surface area contributed by atoms with Crippen molar-refractivity contribution in [3.63, 3.8) is 0 Å². The largest absolute Gasteiger partial charge is 0.289 e. The van der Waals surface area contributed by atoms with Gasteiger partial charge in [0.05, 0.1) is 4.90 Å². The Labute approximate surface area is 210 Å². The molecule has 0 radical (unpaired) electrons. The molecule has 3 aromatic carbocycles. The zero-order chi connectivity index (χ0) is 23.6. The van der Waals surface area contributed by atoms with Crippen molar-refractivity contribution in [2.24, 2.45) is 0 Å². The SMILES string of the molecule is Cc1ccc(S(=O)(=O)N2CC(=Cc3ccc(Br)cc3)C(=O)C(=Cc3ccc(Br)cc3)C2)cc1. The van der Waals surface area contributed by atoms with E-state index in [1.54, 1.807) is 36.4 Å². The summed E-state index contributed by atoms with van der Waals surface area (Å²) in [6.45, 7) is 1.94. The third-order valence-electron chi connectivity index (χ3n) is 5.36. The van der Waals surface area contributed by atoms with Crippen molar-refractivity contribution in [3.05, 3.63) is 110 Å². The average molecular weight is 587 g/mol. The summed E-state index contributed by atoms with van der Waals surface area (Å²) in [5, 5.41) is 0. The highest BCUT2D eigenvalue weighted by molar-refractivity contribution is 9.10. The van der Waals surface area contributed by atoms with Crippen molar-refractivity contribution in [1.82, 2.24) is 4.31 Å². The van der Waals surface area contributed by atoms with Crippen LogP contribution in [-0.2, 0) is 14.8 Å². The molecule has 3 aromatic rings. The first-order chi connectivity index (χ1) is 15.7. The minimum absolute atomic E-state index is 0.0167. The lowest BCUT2D eigenvalue weighted by molar-refractivity contribution is -0.113. The molecule has 1 aliphatic heterocycles. The first-order valence-electron chi connectivity index (χ1n) is 10.3. The molecule has 0 bridgehead atoms. The Bertz CT molecular complexity index is 1270. The van der Waals surface area contributed by atoms with Crippen LogP contribution in [0, 0.1) is 6.92 Å². The molecule has 33 heavy (non-hydrogen) atoms. The molecule has 1 aliphatic rings. The average Bonchev–Trinajstić information content (AvgIpc) is 2.79. The quantitative estimate of drug-likeness (QED) is 0.339. The van der Waals surface area contributed by atoms with Crippen LogP contribution in [0.2, 0.25) is 0 Å². The fourth-order valence-electron chi connectivity index (χ4n) is 3.56. The molecule has 0 amide bonds. The number of hydrogen-bond acceptors (Lipinski definition) is 3. The topological polar surface area (TPSA) is 54.5 Å². The van der Waals surface area contributed by atoms with Crippen LogP contribution in [0.25, 0.3) is 12.2 Å². The van der Waals surface area contributed by atoms with Crippen molar-refractivity contribution < 1.29 is 13.2 Å². The Hall–Kier alpha value is -2.32. The third kappa shape index (κ3) is 5.61. The van der Waals surface area contributed by atoms with E-state index in [0.717, 1.165) is 25.6 Å². The molecule has 0 N–H and O–H groups in total. The maximum absolute atomic E-state index is 13.4. The molecular formula is C26H21Br2NO3S. The molecule has 4 rings (SSSR count). The van der Waals surface area contributed by atoms with E-state index in [1.165, 1.54) is 4.31 Å². The molecule has 1 saturated heterocycles. The number of sulfonamides is 1. The molecule has 1 heterocycles. The molecule has 0 spiro atoms. The molecule has 0 unspecified atom stereocenters. The molecule has 168 valence electrons. The Morgan fingerprint density at radius 2 is 1.15 bits per heavy atom. The zero-order valence-corrected chi connectivity index (χ0v) is 21.8. The summed E-state index contributed by atoms with van der Waals surface area (Å²) in [5.41, 5.74) is 3.51. The van der Waals surface area contributed by atoms with Crippen LogP contribution in [-0.4, -0.2) is 31.6 Å². The standard InChI is InChI=1S/C26H21Br2NO3S/c1-18-2-12-25(13-3-18)33(31,32)29-16-21(14-19-4-8-23(27)9-5-19)26(30)22(17-29)15-20-6-10-24(28)11-7-20/h2-15H,16-17H2,1H3. The van der Waals surface area contributed by atoms with E-state index in [2.05, 4.69) is 31.9 Å². The van der Waals surface area contributed by atoms with Gasteiger partial charge in [0.25, 0.3) is 0 Å².